The first-order valence-corrected chi connectivity index (χ1v) is 9.41. The topological polar surface area (TPSA) is 75.3 Å². The van der Waals surface area contributed by atoms with E-state index in [1.165, 1.54) is 13.8 Å². The Morgan fingerprint density at radius 3 is 1.76 bits per heavy atom. The lowest BCUT2D eigenvalue weighted by molar-refractivity contribution is -0.146. The molecule has 0 rings (SSSR count). The minimum atomic E-state index is -3.01. The maximum Gasteiger partial charge on any atom is 0.261 e. The highest BCUT2D eigenvalue weighted by Gasteiger charge is 2.49. The predicted molar refractivity (Wildman–Crippen MR) is 99.8 cm³/mol. The number of thiol groups is 3. The van der Waals surface area contributed by atoms with Gasteiger partial charge in [-0.05, 0) is 6.54 Å². The number of nitrogens with one attached hydrogen (secondary N) is 2. The number of alkyl halides is 3. The van der Waals surface area contributed by atoms with E-state index in [1.54, 1.807) is 5.32 Å². The molecule has 146 valence electrons. The minimum Gasteiger partial charge on any atom is -0.314 e. The molecule has 2 N–H and O–H groups in total. The third kappa shape index (κ3) is 6.07. The van der Waals surface area contributed by atoms with Crippen molar-refractivity contribution in [3.63, 3.8) is 0 Å². The van der Waals surface area contributed by atoms with Gasteiger partial charge in [0.2, 0.25) is 17.3 Å². The number of carbonyl (C=O) groups excluding carboxylic acids is 3. The van der Waals surface area contributed by atoms with Gasteiger partial charge >= 0.3 is 0 Å². The maximum atomic E-state index is 14.9. The number of likely N-dealkylation sites (N-methyl/N-ethyl adjacent to an activating group) is 1. The zero-order chi connectivity index (χ0) is 19.9. The molecular weight excluding hydrogens is 397 g/mol. The van der Waals surface area contributed by atoms with Crippen LogP contribution in [0.1, 0.15) is 26.7 Å². The largest absolute Gasteiger partial charge is 0.314 e. The third-order valence-electron chi connectivity index (χ3n) is 3.51. The van der Waals surface area contributed by atoms with E-state index >= 15 is 0 Å². The van der Waals surface area contributed by atoms with Crippen LogP contribution < -0.4 is 10.6 Å². The number of halogens is 3. The molecule has 0 unspecified atom stereocenters. The molecule has 5 nitrogen and oxygen atoms in total. The second kappa shape index (κ2) is 10.1. The van der Waals surface area contributed by atoms with E-state index in [-0.39, 0.29) is 13.0 Å². The summed E-state index contributed by atoms with van der Waals surface area (Å²) in [7, 11) is 0. The molecule has 3 atom stereocenters. The molecule has 0 aromatic rings. The van der Waals surface area contributed by atoms with Crippen molar-refractivity contribution in [3.05, 3.63) is 0 Å². The van der Waals surface area contributed by atoms with E-state index in [9.17, 15) is 27.6 Å². The summed E-state index contributed by atoms with van der Waals surface area (Å²) in [6.07, 6.45) is -1.46. The van der Waals surface area contributed by atoms with Crippen LogP contribution in [0.15, 0.2) is 0 Å². The van der Waals surface area contributed by atoms with Crippen LogP contribution in [-0.2, 0) is 14.4 Å². The molecule has 25 heavy (non-hydrogen) atoms. The Balaban J connectivity index is 5.42. The first-order valence-electron chi connectivity index (χ1n) is 7.52. The standard InChI is InChI=1S/C14H23F3N2O3S3/c1-3-9(20)14(17,8-25)19-11(22)12(15,6-23)5-10(21)13(16,7-24)18-4-2/h18,23-25H,3-8H2,1-2H3,(H,19,22)/t12-,13+,14+/m0/s1. The van der Waals surface area contributed by atoms with Crippen LogP contribution in [0.4, 0.5) is 13.2 Å². The zero-order valence-electron chi connectivity index (χ0n) is 13.9. The fourth-order valence-electron chi connectivity index (χ4n) is 1.90. The number of amides is 1. The highest BCUT2D eigenvalue weighted by Crippen LogP contribution is 2.26. The Bertz CT molecular complexity index is 515. The van der Waals surface area contributed by atoms with Gasteiger partial charge in [0.25, 0.3) is 5.91 Å². The highest BCUT2D eigenvalue weighted by molar-refractivity contribution is 7.80. The van der Waals surface area contributed by atoms with Crippen LogP contribution in [0.5, 0.6) is 0 Å². The molecule has 1 amide bonds. The number of Topliss-reactive ketones (excluding diaryl/α,β-unsaturated/α-hetero) is 2. The van der Waals surface area contributed by atoms with E-state index in [4.69, 9.17) is 0 Å². The molecule has 0 aromatic carbocycles. The summed E-state index contributed by atoms with van der Waals surface area (Å²) in [5.74, 6) is -11.5. The van der Waals surface area contributed by atoms with Gasteiger partial charge in [0, 0.05) is 17.9 Å². The molecule has 11 heteroatoms. The van der Waals surface area contributed by atoms with Gasteiger partial charge in [0.05, 0.1) is 12.2 Å². The average Bonchev–Trinajstić information content (AvgIpc) is 2.60. The molecule has 0 radical (unpaired) electrons. The van der Waals surface area contributed by atoms with Crippen LogP contribution in [0.3, 0.4) is 0 Å². The summed E-state index contributed by atoms with van der Waals surface area (Å²) in [5, 5.41) is 3.85. The molecular formula is C14H23F3N2O3S3. The van der Waals surface area contributed by atoms with Crippen LogP contribution in [0.2, 0.25) is 0 Å². The minimum absolute atomic E-state index is 0.0629. The Kier molecular flexibility index (Phi) is 9.92. The number of rotatable bonds is 12. The Hall–Kier alpha value is -0.390. The highest BCUT2D eigenvalue weighted by atomic mass is 32.1. The molecule has 0 fully saturated rings. The molecule has 0 saturated heterocycles. The summed E-state index contributed by atoms with van der Waals surface area (Å²) >= 11 is 11.0. The quantitative estimate of drug-likeness (QED) is 0.245. The van der Waals surface area contributed by atoms with Crippen molar-refractivity contribution in [2.24, 2.45) is 0 Å². The molecule has 0 aliphatic rings. The van der Waals surface area contributed by atoms with Gasteiger partial charge in [-0.25, -0.2) is 13.2 Å². The monoisotopic (exact) mass is 420 g/mol. The molecule has 0 aliphatic carbocycles. The van der Waals surface area contributed by atoms with Crippen LogP contribution in [-0.4, -0.2) is 58.5 Å². The number of hydrogen-bond donors (Lipinski definition) is 5. The van der Waals surface area contributed by atoms with Gasteiger partial charge < -0.3 is 5.32 Å². The molecule has 0 heterocycles. The van der Waals surface area contributed by atoms with Crippen molar-refractivity contribution in [1.82, 2.24) is 10.6 Å². The lowest BCUT2D eigenvalue weighted by atomic mass is 9.94. The van der Waals surface area contributed by atoms with Crippen molar-refractivity contribution < 1.29 is 27.6 Å². The Labute approximate surface area is 161 Å². The number of ketones is 2. The van der Waals surface area contributed by atoms with E-state index in [0.717, 1.165) is 0 Å². The van der Waals surface area contributed by atoms with Gasteiger partial charge in [-0.3, -0.25) is 19.7 Å². The zero-order valence-corrected chi connectivity index (χ0v) is 16.6. The van der Waals surface area contributed by atoms with Gasteiger partial charge in [0.1, 0.15) is 0 Å². The summed E-state index contributed by atoms with van der Waals surface area (Å²) < 4.78 is 43.8. The SMILES string of the molecule is CCN[C@](F)(CS)C(=O)C[C@](F)(CS)C(=O)N[C@](F)(CS)C(=O)CC. The van der Waals surface area contributed by atoms with Gasteiger partial charge in [0.15, 0.2) is 11.6 Å². The molecule has 0 bridgehead atoms. The summed E-state index contributed by atoms with van der Waals surface area (Å²) in [5.41, 5.74) is -3.01. The van der Waals surface area contributed by atoms with Crippen molar-refractivity contribution in [3.8, 4) is 0 Å². The smallest absolute Gasteiger partial charge is 0.261 e. The maximum absolute atomic E-state index is 14.9. The molecule has 0 aliphatic heterocycles. The van der Waals surface area contributed by atoms with E-state index < -0.39 is 58.4 Å². The second-order valence-electron chi connectivity index (χ2n) is 5.40. The first kappa shape index (κ1) is 24.6. The van der Waals surface area contributed by atoms with Crippen LogP contribution in [0, 0.1) is 0 Å². The molecule has 0 spiro atoms. The molecule has 0 aromatic heterocycles. The average molecular weight is 421 g/mol. The Morgan fingerprint density at radius 2 is 1.40 bits per heavy atom. The number of hydrogen-bond acceptors (Lipinski definition) is 7. The lowest BCUT2D eigenvalue weighted by Gasteiger charge is -2.30. The first-order chi connectivity index (χ1) is 11.5. The summed E-state index contributed by atoms with van der Waals surface area (Å²) in [6, 6.07) is 0. The summed E-state index contributed by atoms with van der Waals surface area (Å²) in [6.45, 7) is 2.95. The van der Waals surface area contributed by atoms with Gasteiger partial charge in [-0.15, -0.1) is 0 Å². The second-order valence-corrected chi connectivity index (χ2v) is 6.35. The van der Waals surface area contributed by atoms with Crippen LogP contribution >= 0.6 is 37.9 Å². The fraction of sp³-hybridized carbons (Fsp3) is 0.786. The van der Waals surface area contributed by atoms with E-state index in [2.05, 4.69) is 43.2 Å². The van der Waals surface area contributed by atoms with E-state index in [1.807, 2.05) is 0 Å². The fourth-order valence-corrected chi connectivity index (χ4v) is 2.69. The van der Waals surface area contributed by atoms with Crippen molar-refractivity contribution in [2.45, 2.75) is 43.9 Å². The Morgan fingerprint density at radius 1 is 0.880 bits per heavy atom. The number of carbonyl (C=O) groups is 3. The van der Waals surface area contributed by atoms with Crippen molar-refractivity contribution >= 4 is 55.4 Å². The molecule has 0 saturated carbocycles. The van der Waals surface area contributed by atoms with E-state index in [0.29, 0.717) is 0 Å². The predicted octanol–water partition coefficient (Wildman–Crippen LogP) is 1.48. The normalized spacial score (nSPS) is 18.6. The lowest BCUT2D eigenvalue weighted by Crippen LogP contribution is -2.60. The van der Waals surface area contributed by atoms with Crippen LogP contribution in [0.25, 0.3) is 0 Å². The van der Waals surface area contributed by atoms with Crippen molar-refractivity contribution in [1.29, 1.82) is 0 Å². The third-order valence-corrected chi connectivity index (χ3v) is 4.88. The van der Waals surface area contributed by atoms with Gasteiger partial charge in [-0.2, -0.15) is 37.9 Å². The summed E-state index contributed by atoms with van der Waals surface area (Å²) in [4.78, 5) is 35.8. The van der Waals surface area contributed by atoms with Crippen molar-refractivity contribution in [2.75, 3.05) is 23.8 Å². The van der Waals surface area contributed by atoms with Gasteiger partial charge in [-0.1, -0.05) is 13.8 Å².